The summed E-state index contributed by atoms with van der Waals surface area (Å²) in [5, 5.41) is 5.91. The van der Waals surface area contributed by atoms with Gasteiger partial charge in [-0.15, -0.1) is 0 Å². The summed E-state index contributed by atoms with van der Waals surface area (Å²) in [6, 6.07) is 9.98. The Hall–Kier alpha value is -1.84. The molecule has 1 aliphatic rings. The van der Waals surface area contributed by atoms with Gasteiger partial charge in [0.05, 0.1) is 5.92 Å². The van der Waals surface area contributed by atoms with Gasteiger partial charge in [-0.25, -0.2) is 0 Å². The quantitative estimate of drug-likeness (QED) is 0.872. The van der Waals surface area contributed by atoms with Gasteiger partial charge in [0.1, 0.15) is 0 Å². The van der Waals surface area contributed by atoms with Crippen LogP contribution >= 0.6 is 0 Å². The molecule has 0 bridgehead atoms. The molecule has 114 valence electrons. The maximum Gasteiger partial charge on any atom is 0.228 e. The molecule has 3 atom stereocenters. The van der Waals surface area contributed by atoms with Crippen molar-refractivity contribution >= 4 is 11.8 Å². The number of hydrogen-bond donors (Lipinski definition) is 2. The molecule has 1 fully saturated rings. The van der Waals surface area contributed by atoms with E-state index in [1.807, 2.05) is 30.3 Å². The first kappa shape index (κ1) is 15.5. The summed E-state index contributed by atoms with van der Waals surface area (Å²) < 4.78 is 0. The molecule has 3 unspecified atom stereocenters. The Morgan fingerprint density at radius 1 is 1.38 bits per heavy atom. The Morgan fingerprint density at radius 3 is 2.67 bits per heavy atom. The van der Waals surface area contributed by atoms with Crippen molar-refractivity contribution in [2.75, 3.05) is 6.54 Å². The minimum Gasteiger partial charge on any atom is -0.354 e. The first-order valence-electron chi connectivity index (χ1n) is 7.73. The zero-order chi connectivity index (χ0) is 15.2. The largest absolute Gasteiger partial charge is 0.354 e. The number of rotatable bonds is 5. The van der Waals surface area contributed by atoms with Gasteiger partial charge in [-0.1, -0.05) is 50.6 Å². The van der Waals surface area contributed by atoms with Gasteiger partial charge in [0.15, 0.2) is 0 Å². The average molecular weight is 288 g/mol. The molecule has 2 N–H and O–H groups in total. The van der Waals surface area contributed by atoms with Crippen LogP contribution in [0.25, 0.3) is 0 Å². The van der Waals surface area contributed by atoms with Gasteiger partial charge in [-0.05, 0) is 17.9 Å². The Kier molecular flexibility index (Phi) is 5.37. The third-order valence-electron chi connectivity index (χ3n) is 4.27. The van der Waals surface area contributed by atoms with Crippen LogP contribution in [0.3, 0.4) is 0 Å². The minimum absolute atomic E-state index is 0.0467. The van der Waals surface area contributed by atoms with E-state index in [1.54, 1.807) is 0 Å². The number of carbonyl (C=O) groups is 2. The molecule has 0 aliphatic carbocycles. The molecule has 2 amide bonds. The number of hydrogen-bond acceptors (Lipinski definition) is 2. The highest BCUT2D eigenvalue weighted by Gasteiger charge is 2.28. The molecule has 4 nitrogen and oxygen atoms in total. The summed E-state index contributed by atoms with van der Waals surface area (Å²) in [7, 11) is 0. The van der Waals surface area contributed by atoms with Crippen molar-refractivity contribution in [1.82, 2.24) is 10.6 Å². The maximum absolute atomic E-state index is 12.7. The molecule has 1 aromatic carbocycles. The standard InChI is InChI=1S/C17H24N2O2/c1-3-12(2)16(13-7-5-4-6-8-13)17(21)19-14-9-10-15(20)18-11-14/h4-8,12,14,16H,3,9-11H2,1-2H3,(H,18,20)(H,19,21). The van der Waals surface area contributed by atoms with Gasteiger partial charge < -0.3 is 10.6 Å². The smallest absolute Gasteiger partial charge is 0.228 e. The van der Waals surface area contributed by atoms with Gasteiger partial charge in [-0.3, -0.25) is 9.59 Å². The summed E-state index contributed by atoms with van der Waals surface area (Å²) in [4.78, 5) is 23.9. The highest BCUT2D eigenvalue weighted by Crippen LogP contribution is 2.27. The van der Waals surface area contributed by atoms with E-state index in [2.05, 4.69) is 24.5 Å². The van der Waals surface area contributed by atoms with Crippen LogP contribution < -0.4 is 10.6 Å². The summed E-state index contributed by atoms with van der Waals surface area (Å²) in [6.45, 7) is 4.75. The fourth-order valence-corrected chi connectivity index (χ4v) is 2.78. The summed E-state index contributed by atoms with van der Waals surface area (Å²) in [5.41, 5.74) is 1.06. The van der Waals surface area contributed by atoms with Gasteiger partial charge in [0.25, 0.3) is 0 Å². The van der Waals surface area contributed by atoms with E-state index in [1.165, 1.54) is 0 Å². The van der Waals surface area contributed by atoms with Gasteiger partial charge >= 0.3 is 0 Å². The lowest BCUT2D eigenvalue weighted by Crippen LogP contribution is -2.49. The topological polar surface area (TPSA) is 58.2 Å². The van der Waals surface area contributed by atoms with Crippen LogP contribution in [-0.4, -0.2) is 24.4 Å². The normalized spacial score (nSPS) is 21.2. The fourth-order valence-electron chi connectivity index (χ4n) is 2.78. The van der Waals surface area contributed by atoms with Crippen LogP contribution in [0.15, 0.2) is 30.3 Å². The van der Waals surface area contributed by atoms with Crippen LogP contribution in [0, 0.1) is 5.92 Å². The Bertz CT molecular complexity index is 477. The predicted octanol–water partition coefficient (Wildman–Crippen LogP) is 2.21. The first-order valence-corrected chi connectivity index (χ1v) is 7.73. The van der Waals surface area contributed by atoms with E-state index in [9.17, 15) is 9.59 Å². The van der Waals surface area contributed by atoms with Gasteiger partial charge in [0, 0.05) is 19.0 Å². The molecular formula is C17H24N2O2. The van der Waals surface area contributed by atoms with Crippen LogP contribution in [0.2, 0.25) is 0 Å². The van der Waals surface area contributed by atoms with Crippen molar-refractivity contribution in [3.05, 3.63) is 35.9 Å². The summed E-state index contributed by atoms with van der Waals surface area (Å²) in [5.74, 6) is 0.290. The Morgan fingerprint density at radius 2 is 2.10 bits per heavy atom. The number of amides is 2. The lowest BCUT2D eigenvalue weighted by molar-refractivity contribution is -0.127. The molecular weight excluding hydrogens is 264 g/mol. The number of benzene rings is 1. The molecule has 2 rings (SSSR count). The van der Waals surface area contributed by atoms with Gasteiger partial charge in [-0.2, -0.15) is 0 Å². The molecule has 1 heterocycles. The predicted molar refractivity (Wildman–Crippen MR) is 82.8 cm³/mol. The zero-order valence-electron chi connectivity index (χ0n) is 12.8. The molecule has 0 radical (unpaired) electrons. The van der Waals surface area contributed by atoms with Crippen LogP contribution in [0.4, 0.5) is 0 Å². The third kappa shape index (κ3) is 4.06. The number of piperidine rings is 1. The maximum atomic E-state index is 12.7. The second kappa shape index (κ2) is 7.25. The first-order chi connectivity index (χ1) is 10.1. The Balaban J connectivity index is 2.06. The Labute approximate surface area is 126 Å². The molecule has 0 spiro atoms. The van der Waals surface area contributed by atoms with E-state index >= 15 is 0 Å². The second-order valence-electron chi connectivity index (χ2n) is 5.82. The van der Waals surface area contributed by atoms with E-state index < -0.39 is 0 Å². The molecule has 21 heavy (non-hydrogen) atoms. The molecule has 4 heteroatoms. The lowest BCUT2D eigenvalue weighted by Gasteiger charge is -2.28. The number of nitrogens with one attached hydrogen (secondary N) is 2. The SMILES string of the molecule is CCC(C)C(C(=O)NC1CCC(=O)NC1)c1ccccc1. The highest BCUT2D eigenvalue weighted by molar-refractivity contribution is 5.84. The van der Waals surface area contributed by atoms with Crippen molar-refractivity contribution in [1.29, 1.82) is 0 Å². The van der Waals surface area contributed by atoms with Crippen LogP contribution in [-0.2, 0) is 9.59 Å². The van der Waals surface area contributed by atoms with Crippen molar-refractivity contribution in [3.8, 4) is 0 Å². The average Bonchev–Trinajstić information content (AvgIpc) is 2.50. The molecule has 1 aromatic rings. The van der Waals surface area contributed by atoms with Crippen molar-refractivity contribution in [2.45, 2.75) is 45.1 Å². The van der Waals surface area contributed by atoms with Crippen LogP contribution in [0.1, 0.15) is 44.6 Å². The fraction of sp³-hybridized carbons (Fsp3) is 0.529. The highest BCUT2D eigenvalue weighted by atomic mass is 16.2. The molecule has 0 saturated carbocycles. The van der Waals surface area contributed by atoms with E-state index in [0.29, 0.717) is 13.0 Å². The van der Waals surface area contributed by atoms with Crippen LogP contribution in [0.5, 0.6) is 0 Å². The molecule has 0 aromatic heterocycles. The molecule has 1 saturated heterocycles. The van der Waals surface area contributed by atoms with Gasteiger partial charge in [0.2, 0.25) is 11.8 Å². The lowest BCUT2D eigenvalue weighted by atomic mass is 9.84. The molecule has 1 aliphatic heterocycles. The summed E-state index contributed by atoms with van der Waals surface area (Å²) >= 11 is 0. The monoisotopic (exact) mass is 288 g/mol. The second-order valence-corrected chi connectivity index (χ2v) is 5.82. The zero-order valence-corrected chi connectivity index (χ0v) is 12.8. The number of carbonyl (C=O) groups excluding carboxylic acids is 2. The van der Waals surface area contributed by atoms with E-state index in [4.69, 9.17) is 0 Å². The summed E-state index contributed by atoms with van der Waals surface area (Å²) in [6.07, 6.45) is 2.16. The third-order valence-corrected chi connectivity index (χ3v) is 4.27. The van der Waals surface area contributed by atoms with E-state index in [0.717, 1.165) is 18.4 Å². The van der Waals surface area contributed by atoms with E-state index in [-0.39, 0.29) is 29.7 Å². The van der Waals surface area contributed by atoms with Crippen molar-refractivity contribution < 1.29 is 9.59 Å². The minimum atomic E-state index is -0.131. The van der Waals surface area contributed by atoms with Crippen molar-refractivity contribution in [2.24, 2.45) is 5.92 Å². The van der Waals surface area contributed by atoms with Crippen molar-refractivity contribution in [3.63, 3.8) is 0 Å².